The average Bonchev–Trinajstić information content (AvgIpc) is 2.60. The summed E-state index contributed by atoms with van der Waals surface area (Å²) in [6.07, 6.45) is 2.83. The highest BCUT2D eigenvalue weighted by Gasteiger charge is 2.07. The van der Waals surface area contributed by atoms with Crippen molar-refractivity contribution in [3.05, 3.63) is 35.8 Å². The van der Waals surface area contributed by atoms with Gasteiger partial charge in [-0.1, -0.05) is 13.0 Å². The Morgan fingerprint density at radius 2 is 2.27 bits per heavy atom. The van der Waals surface area contributed by atoms with E-state index < -0.39 is 0 Å². The fourth-order valence-corrected chi connectivity index (χ4v) is 1.62. The van der Waals surface area contributed by atoms with Gasteiger partial charge in [-0.2, -0.15) is 0 Å². The molecule has 1 unspecified atom stereocenters. The van der Waals surface area contributed by atoms with E-state index in [1.807, 2.05) is 19.1 Å². The SMILES string of the molecule is CCC(N)Cc1ccc2occ(F)c2c1. The molecule has 2 N–H and O–H groups in total. The summed E-state index contributed by atoms with van der Waals surface area (Å²) in [5.41, 5.74) is 7.48. The molecule has 0 aliphatic rings. The molecule has 15 heavy (non-hydrogen) atoms. The molecule has 0 radical (unpaired) electrons. The fourth-order valence-electron chi connectivity index (χ4n) is 1.62. The van der Waals surface area contributed by atoms with Crippen LogP contribution in [0.5, 0.6) is 0 Å². The topological polar surface area (TPSA) is 39.2 Å². The lowest BCUT2D eigenvalue weighted by Gasteiger charge is -2.07. The molecule has 1 heterocycles. The Morgan fingerprint density at radius 3 is 3.00 bits per heavy atom. The van der Waals surface area contributed by atoms with Crippen molar-refractivity contribution >= 4 is 11.0 Å². The third-order valence-electron chi connectivity index (χ3n) is 2.61. The zero-order valence-electron chi connectivity index (χ0n) is 8.66. The second kappa shape index (κ2) is 4.03. The lowest BCUT2D eigenvalue weighted by atomic mass is 10.0. The van der Waals surface area contributed by atoms with Crippen molar-refractivity contribution in [2.75, 3.05) is 0 Å². The predicted octanol–water partition coefficient (Wildman–Crippen LogP) is 2.85. The van der Waals surface area contributed by atoms with Crippen LogP contribution in [-0.2, 0) is 6.42 Å². The van der Waals surface area contributed by atoms with Crippen molar-refractivity contribution in [2.24, 2.45) is 5.73 Å². The van der Waals surface area contributed by atoms with Gasteiger partial charge in [0.25, 0.3) is 0 Å². The number of hydrogen-bond donors (Lipinski definition) is 1. The van der Waals surface area contributed by atoms with E-state index in [1.165, 1.54) is 0 Å². The minimum Gasteiger partial charge on any atom is -0.461 e. The molecule has 1 aromatic heterocycles. The molecule has 0 fully saturated rings. The summed E-state index contributed by atoms with van der Waals surface area (Å²) in [5.74, 6) is -0.308. The first-order valence-corrected chi connectivity index (χ1v) is 5.12. The molecule has 0 aliphatic heterocycles. The van der Waals surface area contributed by atoms with Gasteiger partial charge < -0.3 is 10.2 Å². The van der Waals surface area contributed by atoms with Crippen molar-refractivity contribution in [2.45, 2.75) is 25.8 Å². The summed E-state index contributed by atoms with van der Waals surface area (Å²) in [5, 5.41) is 0.538. The summed E-state index contributed by atoms with van der Waals surface area (Å²) in [6.45, 7) is 2.04. The Balaban J connectivity index is 2.33. The number of benzene rings is 1. The van der Waals surface area contributed by atoms with E-state index in [2.05, 4.69) is 0 Å². The molecule has 0 saturated heterocycles. The van der Waals surface area contributed by atoms with Gasteiger partial charge in [-0.15, -0.1) is 0 Å². The maximum Gasteiger partial charge on any atom is 0.169 e. The number of nitrogens with two attached hydrogens (primary N) is 1. The zero-order chi connectivity index (χ0) is 10.8. The molecule has 1 aromatic carbocycles. The third kappa shape index (κ3) is 2.02. The van der Waals surface area contributed by atoms with E-state index in [1.54, 1.807) is 6.07 Å². The summed E-state index contributed by atoms with van der Waals surface area (Å²) < 4.78 is 18.2. The highest BCUT2D eigenvalue weighted by molar-refractivity contribution is 5.78. The second-order valence-electron chi connectivity index (χ2n) is 3.79. The van der Waals surface area contributed by atoms with Gasteiger partial charge >= 0.3 is 0 Å². The van der Waals surface area contributed by atoms with Crippen LogP contribution in [0.3, 0.4) is 0 Å². The van der Waals surface area contributed by atoms with E-state index in [9.17, 15) is 4.39 Å². The molecule has 2 nitrogen and oxygen atoms in total. The van der Waals surface area contributed by atoms with Crippen molar-refractivity contribution < 1.29 is 8.81 Å². The van der Waals surface area contributed by atoms with Gasteiger partial charge in [0, 0.05) is 6.04 Å². The van der Waals surface area contributed by atoms with Gasteiger partial charge in [-0.3, -0.25) is 0 Å². The Morgan fingerprint density at radius 1 is 1.47 bits per heavy atom. The summed E-state index contributed by atoms with van der Waals surface area (Å²) in [6, 6.07) is 5.66. The van der Waals surface area contributed by atoms with Crippen molar-refractivity contribution in [1.29, 1.82) is 0 Å². The van der Waals surface area contributed by atoms with Crippen LogP contribution in [0.25, 0.3) is 11.0 Å². The smallest absolute Gasteiger partial charge is 0.169 e. The van der Waals surface area contributed by atoms with Gasteiger partial charge in [0.15, 0.2) is 5.82 Å². The number of rotatable bonds is 3. The first kappa shape index (κ1) is 10.2. The van der Waals surface area contributed by atoms with Crippen LogP contribution in [-0.4, -0.2) is 6.04 Å². The molecule has 3 heteroatoms. The van der Waals surface area contributed by atoms with Crippen LogP contribution < -0.4 is 5.73 Å². The van der Waals surface area contributed by atoms with Gasteiger partial charge in [-0.05, 0) is 30.5 Å². The first-order chi connectivity index (χ1) is 7.20. The summed E-state index contributed by atoms with van der Waals surface area (Å²) in [4.78, 5) is 0. The third-order valence-corrected chi connectivity index (χ3v) is 2.61. The lowest BCUT2D eigenvalue weighted by molar-refractivity contribution is 0.558. The number of halogens is 1. The molecular weight excluding hydrogens is 193 g/mol. The molecule has 2 rings (SSSR count). The molecule has 2 aromatic rings. The Kier molecular flexibility index (Phi) is 2.73. The van der Waals surface area contributed by atoms with Crippen LogP contribution in [0.4, 0.5) is 4.39 Å². The molecule has 0 amide bonds. The van der Waals surface area contributed by atoms with Gasteiger partial charge in [0.05, 0.1) is 5.39 Å². The Bertz CT molecular complexity index is 464. The maximum atomic E-state index is 13.2. The predicted molar refractivity (Wildman–Crippen MR) is 58.1 cm³/mol. The van der Waals surface area contributed by atoms with E-state index in [0.717, 1.165) is 24.7 Å². The molecule has 1 atom stereocenters. The minimum absolute atomic E-state index is 0.136. The molecule has 0 saturated carbocycles. The molecule has 0 bridgehead atoms. The normalized spacial score (nSPS) is 13.3. The van der Waals surface area contributed by atoms with Crippen LogP contribution in [0.1, 0.15) is 18.9 Å². The van der Waals surface area contributed by atoms with E-state index >= 15 is 0 Å². The molecular formula is C12H14FNO. The highest BCUT2D eigenvalue weighted by atomic mass is 19.1. The molecule has 0 spiro atoms. The largest absolute Gasteiger partial charge is 0.461 e. The van der Waals surface area contributed by atoms with E-state index in [-0.39, 0.29) is 11.9 Å². The molecule has 80 valence electrons. The monoisotopic (exact) mass is 207 g/mol. The Labute approximate surface area is 87.9 Å². The van der Waals surface area contributed by atoms with Gasteiger partial charge in [-0.25, -0.2) is 4.39 Å². The standard InChI is InChI=1S/C12H14FNO/c1-2-9(14)5-8-3-4-12-10(6-8)11(13)7-15-12/h3-4,6-7,9H,2,5,14H2,1H3. The number of furan rings is 1. The number of fused-ring (bicyclic) bond motifs is 1. The van der Waals surface area contributed by atoms with Crippen LogP contribution >= 0.6 is 0 Å². The van der Waals surface area contributed by atoms with Crippen molar-refractivity contribution in [1.82, 2.24) is 0 Å². The zero-order valence-corrected chi connectivity index (χ0v) is 8.66. The fraction of sp³-hybridized carbons (Fsp3) is 0.333. The minimum atomic E-state index is -0.308. The maximum absolute atomic E-state index is 13.2. The van der Waals surface area contributed by atoms with Crippen LogP contribution in [0.15, 0.2) is 28.9 Å². The molecule has 0 aliphatic carbocycles. The number of hydrogen-bond acceptors (Lipinski definition) is 2. The van der Waals surface area contributed by atoms with Crippen LogP contribution in [0.2, 0.25) is 0 Å². The van der Waals surface area contributed by atoms with Crippen LogP contribution in [0, 0.1) is 5.82 Å². The lowest BCUT2D eigenvalue weighted by Crippen LogP contribution is -2.21. The average molecular weight is 207 g/mol. The quantitative estimate of drug-likeness (QED) is 0.840. The van der Waals surface area contributed by atoms with Crippen molar-refractivity contribution in [3.63, 3.8) is 0 Å². The van der Waals surface area contributed by atoms with Crippen molar-refractivity contribution in [3.8, 4) is 0 Å². The first-order valence-electron chi connectivity index (χ1n) is 5.12. The van der Waals surface area contributed by atoms with Gasteiger partial charge in [0.2, 0.25) is 0 Å². The van der Waals surface area contributed by atoms with E-state index in [0.29, 0.717) is 11.0 Å². The Hall–Kier alpha value is -1.35. The summed E-state index contributed by atoms with van der Waals surface area (Å²) in [7, 11) is 0. The summed E-state index contributed by atoms with van der Waals surface area (Å²) >= 11 is 0. The highest BCUT2D eigenvalue weighted by Crippen LogP contribution is 2.21. The van der Waals surface area contributed by atoms with Gasteiger partial charge in [0.1, 0.15) is 11.8 Å². The second-order valence-corrected chi connectivity index (χ2v) is 3.79. The van der Waals surface area contributed by atoms with E-state index in [4.69, 9.17) is 10.2 Å².